The number of benzene rings is 2. The van der Waals surface area contributed by atoms with E-state index in [0.29, 0.717) is 16.6 Å². The molecule has 2 heterocycles. The van der Waals surface area contributed by atoms with Crippen molar-refractivity contribution in [1.82, 2.24) is 14.7 Å². The quantitative estimate of drug-likeness (QED) is 0.754. The summed E-state index contributed by atoms with van der Waals surface area (Å²) in [5, 5.41) is 0.684. The lowest BCUT2D eigenvalue weighted by molar-refractivity contribution is 0.0568. The van der Waals surface area contributed by atoms with Crippen molar-refractivity contribution < 1.29 is 9.59 Å². The molecule has 0 spiro atoms. The molecule has 0 N–H and O–H groups in total. The number of carbonyl (C=O) groups excluding carboxylic acids is 2. The zero-order chi connectivity index (χ0) is 21.3. The molecule has 1 atom stereocenters. The number of hydrogen-bond acceptors (Lipinski definition) is 3. The number of aryl methyl sites for hydroxylation is 2. The van der Waals surface area contributed by atoms with Crippen molar-refractivity contribution in [2.45, 2.75) is 26.3 Å². The molecule has 2 aliphatic heterocycles. The van der Waals surface area contributed by atoms with Crippen LogP contribution in [0.1, 0.15) is 38.3 Å². The zero-order valence-electron chi connectivity index (χ0n) is 17.6. The average molecular weight is 426 g/mol. The number of amides is 2. The van der Waals surface area contributed by atoms with Gasteiger partial charge in [0.15, 0.2) is 0 Å². The minimum atomic E-state index is 0.0745. The summed E-state index contributed by atoms with van der Waals surface area (Å²) in [7, 11) is 0. The molecule has 2 amide bonds. The van der Waals surface area contributed by atoms with Gasteiger partial charge in [-0.3, -0.25) is 14.5 Å². The smallest absolute Gasteiger partial charge is 0.253 e. The average Bonchev–Trinajstić information content (AvgIpc) is 3.25. The summed E-state index contributed by atoms with van der Waals surface area (Å²) in [4.78, 5) is 31.9. The van der Waals surface area contributed by atoms with E-state index >= 15 is 0 Å². The molecule has 2 saturated heterocycles. The standard InChI is InChI=1S/C24H28ClN3O2/c1-17-3-5-19(6-4-17)23(29)27-13-11-26(12-14-27)21-9-10-28(16-21)24(30)20-7-8-22(25)18(2)15-20/h3-8,15,21H,9-14,16H2,1-2H3. The number of piperazine rings is 1. The minimum absolute atomic E-state index is 0.0745. The third-order valence-corrected chi connectivity index (χ3v) is 6.70. The monoisotopic (exact) mass is 425 g/mol. The van der Waals surface area contributed by atoms with E-state index in [2.05, 4.69) is 4.90 Å². The lowest BCUT2D eigenvalue weighted by Gasteiger charge is -2.38. The van der Waals surface area contributed by atoms with E-state index in [0.717, 1.165) is 62.4 Å². The fourth-order valence-corrected chi connectivity index (χ4v) is 4.47. The van der Waals surface area contributed by atoms with Crippen molar-refractivity contribution >= 4 is 23.4 Å². The second kappa shape index (κ2) is 8.78. The maximum Gasteiger partial charge on any atom is 0.253 e. The number of nitrogens with zero attached hydrogens (tertiary/aromatic N) is 3. The van der Waals surface area contributed by atoms with Crippen LogP contribution in [0.25, 0.3) is 0 Å². The van der Waals surface area contributed by atoms with Crippen LogP contribution in [0.2, 0.25) is 5.02 Å². The van der Waals surface area contributed by atoms with Gasteiger partial charge in [0.25, 0.3) is 11.8 Å². The van der Waals surface area contributed by atoms with Gasteiger partial charge in [-0.05, 0) is 56.2 Å². The molecule has 158 valence electrons. The first-order valence-electron chi connectivity index (χ1n) is 10.6. The van der Waals surface area contributed by atoms with E-state index in [-0.39, 0.29) is 11.8 Å². The van der Waals surface area contributed by atoms with Gasteiger partial charge >= 0.3 is 0 Å². The third kappa shape index (κ3) is 4.37. The van der Waals surface area contributed by atoms with E-state index < -0.39 is 0 Å². The molecule has 0 saturated carbocycles. The Morgan fingerprint density at radius 2 is 1.47 bits per heavy atom. The van der Waals surface area contributed by atoms with Crippen LogP contribution < -0.4 is 0 Å². The van der Waals surface area contributed by atoms with Crippen molar-refractivity contribution in [3.8, 4) is 0 Å². The number of rotatable bonds is 3. The van der Waals surface area contributed by atoms with E-state index in [9.17, 15) is 9.59 Å². The lowest BCUT2D eigenvalue weighted by Crippen LogP contribution is -2.52. The van der Waals surface area contributed by atoms with Gasteiger partial charge in [-0.25, -0.2) is 0 Å². The number of hydrogen-bond donors (Lipinski definition) is 0. The van der Waals surface area contributed by atoms with Gasteiger partial charge in [0.05, 0.1) is 0 Å². The molecule has 6 heteroatoms. The molecule has 4 rings (SSSR count). The van der Waals surface area contributed by atoms with Crippen LogP contribution in [0.15, 0.2) is 42.5 Å². The first-order valence-corrected chi connectivity index (χ1v) is 11.0. The zero-order valence-corrected chi connectivity index (χ0v) is 18.4. The molecular formula is C24H28ClN3O2. The van der Waals surface area contributed by atoms with Gasteiger partial charge in [0.1, 0.15) is 0 Å². The van der Waals surface area contributed by atoms with Crippen LogP contribution >= 0.6 is 11.6 Å². The van der Waals surface area contributed by atoms with Crippen molar-refractivity contribution in [3.63, 3.8) is 0 Å². The second-order valence-electron chi connectivity index (χ2n) is 8.35. The Kier molecular flexibility index (Phi) is 6.11. The SMILES string of the molecule is Cc1ccc(C(=O)N2CCN(C3CCN(C(=O)c4ccc(Cl)c(C)c4)C3)CC2)cc1. The lowest BCUT2D eigenvalue weighted by atomic mass is 10.1. The van der Waals surface area contributed by atoms with Crippen LogP contribution in [-0.4, -0.2) is 71.8 Å². The van der Waals surface area contributed by atoms with Crippen LogP contribution in [-0.2, 0) is 0 Å². The molecule has 30 heavy (non-hydrogen) atoms. The van der Waals surface area contributed by atoms with E-state index in [1.807, 2.05) is 54.0 Å². The van der Waals surface area contributed by atoms with Crippen molar-refractivity contribution in [1.29, 1.82) is 0 Å². The van der Waals surface area contributed by atoms with E-state index in [1.54, 1.807) is 12.1 Å². The molecule has 5 nitrogen and oxygen atoms in total. The number of carbonyl (C=O) groups is 2. The van der Waals surface area contributed by atoms with Gasteiger partial charge in [0, 0.05) is 61.5 Å². The number of likely N-dealkylation sites (tertiary alicyclic amines) is 1. The van der Waals surface area contributed by atoms with Gasteiger partial charge in [-0.2, -0.15) is 0 Å². The topological polar surface area (TPSA) is 43.9 Å². The first kappa shape index (κ1) is 20.9. The summed E-state index contributed by atoms with van der Waals surface area (Å²) in [6.07, 6.45) is 0.976. The summed E-state index contributed by atoms with van der Waals surface area (Å²) < 4.78 is 0. The molecule has 0 aliphatic carbocycles. The Morgan fingerprint density at radius 3 is 2.13 bits per heavy atom. The molecule has 0 bridgehead atoms. The highest BCUT2D eigenvalue weighted by Gasteiger charge is 2.33. The van der Waals surface area contributed by atoms with Crippen LogP contribution in [0, 0.1) is 13.8 Å². The molecule has 1 unspecified atom stereocenters. The number of halogens is 1. The largest absolute Gasteiger partial charge is 0.337 e. The highest BCUT2D eigenvalue weighted by Crippen LogP contribution is 2.22. The second-order valence-corrected chi connectivity index (χ2v) is 8.76. The molecule has 2 aromatic rings. The summed E-state index contributed by atoms with van der Waals surface area (Å²) >= 11 is 6.09. The Balaban J connectivity index is 1.31. The van der Waals surface area contributed by atoms with Crippen LogP contribution in [0.4, 0.5) is 0 Å². The van der Waals surface area contributed by atoms with Gasteiger partial charge in [-0.15, -0.1) is 0 Å². The van der Waals surface area contributed by atoms with Crippen LogP contribution in [0.3, 0.4) is 0 Å². The Labute approximate surface area is 183 Å². The van der Waals surface area contributed by atoms with Crippen molar-refractivity contribution in [3.05, 3.63) is 69.7 Å². The predicted molar refractivity (Wildman–Crippen MR) is 119 cm³/mol. The predicted octanol–water partition coefficient (Wildman–Crippen LogP) is 3.63. The molecule has 0 radical (unpaired) electrons. The highest BCUT2D eigenvalue weighted by molar-refractivity contribution is 6.31. The fraction of sp³-hybridized carbons (Fsp3) is 0.417. The van der Waals surface area contributed by atoms with E-state index in [1.165, 1.54) is 0 Å². The summed E-state index contributed by atoms with van der Waals surface area (Å²) in [5.41, 5.74) is 3.54. The Hall–Kier alpha value is -2.37. The Bertz CT molecular complexity index is 936. The molecule has 2 fully saturated rings. The highest BCUT2D eigenvalue weighted by atomic mass is 35.5. The normalized spacial score (nSPS) is 19.9. The maximum atomic E-state index is 12.9. The first-order chi connectivity index (χ1) is 14.4. The summed E-state index contributed by atoms with van der Waals surface area (Å²) in [6.45, 7) is 8.62. The van der Waals surface area contributed by atoms with Crippen molar-refractivity contribution in [2.24, 2.45) is 0 Å². The minimum Gasteiger partial charge on any atom is -0.337 e. The third-order valence-electron chi connectivity index (χ3n) is 6.27. The Morgan fingerprint density at radius 1 is 0.833 bits per heavy atom. The molecule has 0 aromatic heterocycles. The van der Waals surface area contributed by atoms with Gasteiger partial charge in [-0.1, -0.05) is 29.3 Å². The summed E-state index contributed by atoms with van der Waals surface area (Å²) in [6, 6.07) is 13.6. The maximum absolute atomic E-state index is 12.9. The molecule has 2 aromatic carbocycles. The van der Waals surface area contributed by atoms with Gasteiger partial charge < -0.3 is 9.80 Å². The van der Waals surface area contributed by atoms with Crippen molar-refractivity contribution in [2.75, 3.05) is 39.3 Å². The van der Waals surface area contributed by atoms with Gasteiger partial charge in [0.2, 0.25) is 0 Å². The van der Waals surface area contributed by atoms with Crippen LogP contribution in [0.5, 0.6) is 0 Å². The molecular weight excluding hydrogens is 398 g/mol. The summed E-state index contributed by atoms with van der Waals surface area (Å²) in [5.74, 6) is 0.182. The van der Waals surface area contributed by atoms with E-state index in [4.69, 9.17) is 11.6 Å². The molecule has 2 aliphatic rings. The fourth-order valence-electron chi connectivity index (χ4n) is 4.35.